The number of nitrogens with one attached hydrogen (secondary N) is 1. The summed E-state index contributed by atoms with van der Waals surface area (Å²) >= 11 is 0. The van der Waals surface area contributed by atoms with Crippen LogP contribution in [0.3, 0.4) is 0 Å². The van der Waals surface area contributed by atoms with Gasteiger partial charge in [-0.1, -0.05) is 19.8 Å². The summed E-state index contributed by atoms with van der Waals surface area (Å²) in [7, 11) is 0. The number of likely N-dealkylation sites (tertiary alicyclic amines) is 1. The molecular weight excluding hydrogens is 256 g/mol. The molecule has 0 bridgehead atoms. The van der Waals surface area contributed by atoms with Gasteiger partial charge in [0, 0.05) is 12.6 Å². The van der Waals surface area contributed by atoms with Gasteiger partial charge in [-0.2, -0.15) is 0 Å². The lowest BCUT2D eigenvalue weighted by Gasteiger charge is -2.32. The maximum Gasteiger partial charge on any atom is 0.230 e. The summed E-state index contributed by atoms with van der Waals surface area (Å²) < 4.78 is 5.51. The van der Waals surface area contributed by atoms with Crippen molar-refractivity contribution in [2.24, 2.45) is 5.92 Å². The van der Waals surface area contributed by atoms with Crippen molar-refractivity contribution >= 4 is 5.91 Å². The van der Waals surface area contributed by atoms with Gasteiger partial charge in [0.05, 0.1) is 31.8 Å². The molecule has 2 rings (SSSR count). The van der Waals surface area contributed by atoms with Crippen LogP contribution in [0.25, 0.3) is 0 Å². The van der Waals surface area contributed by atoms with Gasteiger partial charge >= 0.3 is 0 Å². The summed E-state index contributed by atoms with van der Waals surface area (Å²) in [5.41, 5.74) is 0. The van der Waals surface area contributed by atoms with Crippen molar-refractivity contribution in [3.05, 3.63) is 0 Å². The number of hydrogen-bond acceptors (Lipinski definition) is 4. The SMILES string of the molecule is CCCNC1COCC1C(=O)N1CCCCCC1CO. The average molecular weight is 284 g/mol. The Morgan fingerprint density at radius 3 is 2.95 bits per heavy atom. The van der Waals surface area contributed by atoms with Crippen molar-refractivity contribution in [3.63, 3.8) is 0 Å². The smallest absolute Gasteiger partial charge is 0.230 e. The Labute approximate surface area is 121 Å². The zero-order valence-corrected chi connectivity index (χ0v) is 12.5. The molecule has 2 saturated heterocycles. The van der Waals surface area contributed by atoms with Gasteiger partial charge in [-0.25, -0.2) is 0 Å². The fourth-order valence-electron chi connectivity index (χ4n) is 3.20. The highest BCUT2D eigenvalue weighted by Gasteiger charge is 2.38. The first kappa shape index (κ1) is 15.7. The lowest BCUT2D eigenvalue weighted by atomic mass is 10.00. The molecule has 2 N–H and O–H groups in total. The Morgan fingerprint density at radius 1 is 1.35 bits per heavy atom. The Bertz CT molecular complexity index is 311. The number of carbonyl (C=O) groups is 1. The molecule has 0 aromatic heterocycles. The normalized spacial score (nSPS) is 31.3. The number of rotatable bonds is 5. The first-order valence-corrected chi connectivity index (χ1v) is 8.00. The van der Waals surface area contributed by atoms with E-state index in [1.54, 1.807) is 0 Å². The van der Waals surface area contributed by atoms with Crippen molar-refractivity contribution in [1.82, 2.24) is 10.2 Å². The zero-order chi connectivity index (χ0) is 14.4. The minimum Gasteiger partial charge on any atom is -0.394 e. The van der Waals surface area contributed by atoms with Crippen LogP contribution in [0.1, 0.15) is 39.0 Å². The van der Waals surface area contributed by atoms with E-state index in [1.807, 2.05) is 4.90 Å². The second-order valence-corrected chi connectivity index (χ2v) is 5.92. The van der Waals surface area contributed by atoms with Gasteiger partial charge in [-0.05, 0) is 25.8 Å². The topological polar surface area (TPSA) is 61.8 Å². The first-order chi connectivity index (χ1) is 9.77. The average Bonchev–Trinajstić information content (AvgIpc) is 2.80. The van der Waals surface area contributed by atoms with E-state index in [9.17, 15) is 9.90 Å². The van der Waals surface area contributed by atoms with Crippen molar-refractivity contribution in [3.8, 4) is 0 Å². The van der Waals surface area contributed by atoms with E-state index in [1.165, 1.54) is 0 Å². The fraction of sp³-hybridized carbons (Fsp3) is 0.933. The maximum absolute atomic E-state index is 12.8. The van der Waals surface area contributed by atoms with Crippen LogP contribution in [0.4, 0.5) is 0 Å². The van der Waals surface area contributed by atoms with Gasteiger partial charge in [-0.15, -0.1) is 0 Å². The number of aliphatic hydroxyl groups is 1. The molecule has 2 aliphatic rings. The molecule has 2 fully saturated rings. The van der Waals surface area contributed by atoms with Crippen molar-refractivity contribution in [2.45, 2.75) is 51.1 Å². The van der Waals surface area contributed by atoms with E-state index in [2.05, 4.69) is 12.2 Å². The lowest BCUT2D eigenvalue weighted by Crippen LogP contribution is -2.50. The maximum atomic E-state index is 12.8. The molecule has 0 aliphatic carbocycles. The summed E-state index contributed by atoms with van der Waals surface area (Å²) in [5, 5.41) is 13.0. The van der Waals surface area contributed by atoms with Crippen LogP contribution in [0.5, 0.6) is 0 Å². The Kier molecular flexibility index (Phi) is 6.26. The van der Waals surface area contributed by atoms with Gasteiger partial charge in [0.15, 0.2) is 0 Å². The summed E-state index contributed by atoms with van der Waals surface area (Å²) in [6.07, 6.45) is 5.28. The molecular formula is C15H28N2O3. The third-order valence-electron chi connectivity index (χ3n) is 4.43. The highest BCUT2D eigenvalue weighted by atomic mass is 16.5. The van der Waals surface area contributed by atoms with Crippen LogP contribution in [0.15, 0.2) is 0 Å². The van der Waals surface area contributed by atoms with Gasteiger partial charge in [0.1, 0.15) is 0 Å². The highest BCUT2D eigenvalue weighted by Crippen LogP contribution is 2.23. The van der Waals surface area contributed by atoms with Crippen LogP contribution in [0.2, 0.25) is 0 Å². The predicted octanol–water partition coefficient (Wildman–Crippen LogP) is 0.764. The van der Waals surface area contributed by atoms with E-state index in [4.69, 9.17) is 4.74 Å². The quantitative estimate of drug-likeness (QED) is 0.782. The van der Waals surface area contributed by atoms with Gasteiger partial charge in [0.25, 0.3) is 0 Å². The molecule has 0 saturated carbocycles. The molecule has 3 atom stereocenters. The molecule has 0 aromatic rings. The molecule has 2 aliphatic heterocycles. The van der Waals surface area contributed by atoms with Crippen LogP contribution in [-0.2, 0) is 9.53 Å². The number of aliphatic hydroxyl groups excluding tert-OH is 1. The van der Waals surface area contributed by atoms with E-state index in [0.29, 0.717) is 13.2 Å². The van der Waals surface area contributed by atoms with Crippen LogP contribution >= 0.6 is 0 Å². The van der Waals surface area contributed by atoms with Gasteiger partial charge < -0.3 is 20.1 Å². The molecule has 116 valence electrons. The number of carbonyl (C=O) groups excluding carboxylic acids is 1. The van der Waals surface area contributed by atoms with Crippen LogP contribution in [0, 0.1) is 5.92 Å². The molecule has 0 aromatic carbocycles. The van der Waals surface area contributed by atoms with E-state index in [0.717, 1.165) is 45.2 Å². The van der Waals surface area contributed by atoms with Gasteiger partial charge in [-0.3, -0.25) is 4.79 Å². The molecule has 20 heavy (non-hydrogen) atoms. The first-order valence-electron chi connectivity index (χ1n) is 8.00. The zero-order valence-electron chi connectivity index (χ0n) is 12.5. The molecule has 3 unspecified atom stereocenters. The Balaban J connectivity index is 2.00. The van der Waals surface area contributed by atoms with Crippen molar-refractivity contribution in [1.29, 1.82) is 0 Å². The van der Waals surface area contributed by atoms with Crippen molar-refractivity contribution < 1.29 is 14.6 Å². The third kappa shape index (κ3) is 3.71. The van der Waals surface area contributed by atoms with Gasteiger partial charge in [0.2, 0.25) is 5.91 Å². The minimum absolute atomic E-state index is 0.00238. The summed E-state index contributed by atoms with van der Waals surface area (Å²) in [6.45, 7) is 5.02. The van der Waals surface area contributed by atoms with Crippen molar-refractivity contribution in [2.75, 3.05) is 32.9 Å². The monoisotopic (exact) mass is 284 g/mol. The molecule has 1 amide bonds. The summed E-state index contributed by atoms with van der Waals surface area (Å²) in [6, 6.07) is 0.127. The van der Waals surface area contributed by atoms with E-state index < -0.39 is 0 Å². The molecule has 0 radical (unpaired) electrons. The molecule has 0 spiro atoms. The Hall–Kier alpha value is -0.650. The van der Waals surface area contributed by atoms with Crippen LogP contribution < -0.4 is 5.32 Å². The largest absolute Gasteiger partial charge is 0.394 e. The standard InChI is InChI=1S/C15H28N2O3/c1-2-7-16-14-11-20-10-13(14)15(19)17-8-5-3-4-6-12(17)9-18/h12-14,16,18H,2-11H2,1H3. The summed E-state index contributed by atoms with van der Waals surface area (Å²) in [4.78, 5) is 14.7. The molecule has 5 heteroatoms. The third-order valence-corrected chi connectivity index (χ3v) is 4.43. The van der Waals surface area contributed by atoms with E-state index in [-0.39, 0.29) is 30.5 Å². The number of nitrogens with zero attached hydrogens (tertiary/aromatic N) is 1. The summed E-state index contributed by atoms with van der Waals surface area (Å²) in [5.74, 6) is 0.0748. The molecule has 5 nitrogen and oxygen atoms in total. The number of hydrogen-bond donors (Lipinski definition) is 2. The second kappa shape index (κ2) is 7.96. The number of amides is 1. The molecule has 2 heterocycles. The van der Waals surface area contributed by atoms with E-state index >= 15 is 0 Å². The second-order valence-electron chi connectivity index (χ2n) is 5.92. The minimum atomic E-state index is -0.0892. The predicted molar refractivity (Wildman–Crippen MR) is 77.4 cm³/mol. The Morgan fingerprint density at radius 2 is 2.20 bits per heavy atom. The van der Waals surface area contributed by atoms with Crippen LogP contribution in [-0.4, -0.2) is 60.9 Å². The highest BCUT2D eigenvalue weighted by molar-refractivity contribution is 5.80. The fourth-order valence-corrected chi connectivity index (χ4v) is 3.20. The number of ether oxygens (including phenoxy) is 1. The lowest BCUT2D eigenvalue weighted by molar-refractivity contribution is -0.139.